The molecule has 1 aliphatic heterocycles. The molecule has 1 heterocycles. The fourth-order valence-electron chi connectivity index (χ4n) is 4.08. The monoisotopic (exact) mass is 580 g/mol. The lowest BCUT2D eigenvalue weighted by Crippen LogP contribution is -2.61. The third-order valence-electron chi connectivity index (χ3n) is 6.19. The number of ketones is 2. The van der Waals surface area contributed by atoms with E-state index in [1.165, 1.54) is 16.9 Å². The van der Waals surface area contributed by atoms with Crippen molar-refractivity contribution >= 4 is 45.5 Å². The van der Waals surface area contributed by atoms with Crippen LogP contribution in [0.15, 0.2) is 28.7 Å². The van der Waals surface area contributed by atoms with Crippen LogP contribution in [0, 0.1) is 11.8 Å². The van der Waals surface area contributed by atoms with Crippen LogP contribution in [0.4, 0.5) is 4.79 Å². The number of carbonyl (C=O) groups excluding carboxylic acids is 5. The van der Waals surface area contributed by atoms with E-state index in [0.29, 0.717) is 5.56 Å². The SMILES string of the molecule is COC(=O)C[C@H](C(=O)N1CCN(C(=O)OC(C)(C)C)C[C@H]1C(=O)CCC(=O)c1ccc(Br)cc1)C(C)C. The van der Waals surface area contributed by atoms with Crippen LogP contribution in [0.2, 0.25) is 0 Å². The molecule has 204 valence electrons. The number of carbonyl (C=O) groups is 5. The van der Waals surface area contributed by atoms with Crippen LogP contribution in [0.1, 0.15) is 64.2 Å². The van der Waals surface area contributed by atoms with Crippen LogP contribution in [-0.2, 0) is 23.9 Å². The zero-order valence-corrected chi connectivity index (χ0v) is 24.0. The highest BCUT2D eigenvalue weighted by Gasteiger charge is 2.41. The molecular weight excluding hydrogens is 544 g/mol. The van der Waals surface area contributed by atoms with Gasteiger partial charge in [-0.1, -0.05) is 41.9 Å². The quantitative estimate of drug-likeness (QED) is 0.317. The van der Waals surface area contributed by atoms with E-state index >= 15 is 0 Å². The highest BCUT2D eigenvalue weighted by Crippen LogP contribution is 2.25. The molecule has 0 spiro atoms. The summed E-state index contributed by atoms with van der Waals surface area (Å²) in [6, 6.07) is 5.91. The fraction of sp³-hybridized carbons (Fsp3) is 0.593. The molecule has 0 bridgehead atoms. The van der Waals surface area contributed by atoms with Gasteiger partial charge in [0, 0.05) is 36.0 Å². The summed E-state index contributed by atoms with van der Waals surface area (Å²) in [6.07, 6.45) is -0.795. The van der Waals surface area contributed by atoms with Crippen molar-refractivity contribution in [1.29, 1.82) is 0 Å². The van der Waals surface area contributed by atoms with Crippen LogP contribution in [-0.4, -0.2) is 77.7 Å². The standard InChI is InChI=1S/C27H37BrN2O7/c1-17(2)20(15-24(33)36-6)25(34)30-14-13-29(26(35)37-27(3,4)5)16-21(30)23(32)12-11-22(31)18-7-9-19(28)10-8-18/h7-10,17,20-21H,11-16H2,1-6H3/t20-,21-/m0/s1. The van der Waals surface area contributed by atoms with Gasteiger partial charge in [0.05, 0.1) is 26.0 Å². The molecule has 1 aromatic carbocycles. The average molecular weight is 582 g/mol. The van der Waals surface area contributed by atoms with Crippen molar-refractivity contribution in [2.45, 2.75) is 65.5 Å². The van der Waals surface area contributed by atoms with Crippen molar-refractivity contribution < 1.29 is 33.4 Å². The molecular formula is C27H37BrN2O7. The van der Waals surface area contributed by atoms with Crippen molar-refractivity contribution in [3.05, 3.63) is 34.3 Å². The highest BCUT2D eigenvalue weighted by molar-refractivity contribution is 9.10. The molecule has 10 heteroatoms. The number of benzene rings is 1. The number of halogens is 1. The first-order valence-electron chi connectivity index (χ1n) is 12.4. The predicted octanol–water partition coefficient (Wildman–Crippen LogP) is 4.26. The Morgan fingerprint density at radius 1 is 1.03 bits per heavy atom. The number of Topliss-reactive ketones (excluding diaryl/α,β-unsaturated/α-hetero) is 2. The number of piperazine rings is 1. The lowest BCUT2D eigenvalue weighted by Gasteiger charge is -2.42. The molecule has 1 aliphatic rings. The molecule has 2 amide bonds. The molecule has 1 aromatic rings. The second-order valence-electron chi connectivity index (χ2n) is 10.5. The Labute approximate surface area is 227 Å². The van der Waals surface area contributed by atoms with E-state index < -0.39 is 29.6 Å². The van der Waals surface area contributed by atoms with Gasteiger partial charge >= 0.3 is 12.1 Å². The van der Waals surface area contributed by atoms with Gasteiger partial charge in [-0.25, -0.2) is 4.79 Å². The van der Waals surface area contributed by atoms with Crippen LogP contribution < -0.4 is 0 Å². The summed E-state index contributed by atoms with van der Waals surface area (Å²) in [5.41, 5.74) is -0.231. The van der Waals surface area contributed by atoms with Crippen molar-refractivity contribution in [3.63, 3.8) is 0 Å². The van der Waals surface area contributed by atoms with Gasteiger partial charge in [-0.3, -0.25) is 19.2 Å². The van der Waals surface area contributed by atoms with Crippen molar-refractivity contribution in [3.8, 4) is 0 Å². The second-order valence-corrected chi connectivity index (χ2v) is 11.4. The lowest BCUT2D eigenvalue weighted by atomic mass is 9.89. The zero-order chi connectivity index (χ0) is 27.9. The molecule has 0 unspecified atom stereocenters. The van der Waals surface area contributed by atoms with Gasteiger partial charge in [-0.15, -0.1) is 0 Å². The molecule has 37 heavy (non-hydrogen) atoms. The number of hydrogen-bond donors (Lipinski definition) is 0. The van der Waals surface area contributed by atoms with E-state index in [4.69, 9.17) is 9.47 Å². The van der Waals surface area contributed by atoms with Crippen LogP contribution in [0.5, 0.6) is 0 Å². The summed E-state index contributed by atoms with van der Waals surface area (Å²) >= 11 is 3.33. The van der Waals surface area contributed by atoms with Gasteiger partial charge in [0.15, 0.2) is 11.6 Å². The third kappa shape index (κ3) is 8.94. The van der Waals surface area contributed by atoms with E-state index in [9.17, 15) is 24.0 Å². The molecule has 1 fully saturated rings. The first kappa shape index (κ1) is 30.5. The minimum absolute atomic E-state index is 0.0266. The van der Waals surface area contributed by atoms with Crippen LogP contribution in [0.25, 0.3) is 0 Å². The van der Waals surface area contributed by atoms with Crippen molar-refractivity contribution in [2.75, 3.05) is 26.7 Å². The van der Waals surface area contributed by atoms with Gasteiger partial charge in [-0.2, -0.15) is 0 Å². The fourth-order valence-corrected chi connectivity index (χ4v) is 4.35. The topological polar surface area (TPSA) is 110 Å². The predicted molar refractivity (Wildman–Crippen MR) is 141 cm³/mol. The average Bonchev–Trinajstić information content (AvgIpc) is 2.83. The summed E-state index contributed by atoms with van der Waals surface area (Å²) in [5.74, 6) is -2.23. The van der Waals surface area contributed by atoms with Crippen LogP contribution in [0.3, 0.4) is 0 Å². The maximum atomic E-state index is 13.6. The molecule has 0 radical (unpaired) electrons. The number of esters is 1. The molecule has 2 atom stereocenters. The first-order chi connectivity index (χ1) is 17.2. The number of amides is 2. The molecule has 0 aromatic heterocycles. The smallest absolute Gasteiger partial charge is 0.410 e. The molecule has 9 nitrogen and oxygen atoms in total. The summed E-state index contributed by atoms with van der Waals surface area (Å²) in [4.78, 5) is 67.2. The second kappa shape index (κ2) is 13.2. The van der Waals surface area contributed by atoms with E-state index in [1.807, 2.05) is 13.8 Å². The van der Waals surface area contributed by atoms with Crippen molar-refractivity contribution in [2.24, 2.45) is 11.8 Å². The summed E-state index contributed by atoms with van der Waals surface area (Å²) in [6.45, 7) is 9.16. The molecule has 0 aliphatic carbocycles. The van der Waals surface area contributed by atoms with Crippen LogP contribution >= 0.6 is 15.9 Å². The molecule has 0 N–H and O–H groups in total. The Bertz CT molecular complexity index is 1000. The Morgan fingerprint density at radius 2 is 1.65 bits per heavy atom. The third-order valence-corrected chi connectivity index (χ3v) is 6.72. The van der Waals surface area contributed by atoms with Gasteiger partial charge in [0.25, 0.3) is 0 Å². The number of rotatable bonds is 9. The Morgan fingerprint density at radius 3 is 2.19 bits per heavy atom. The van der Waals surface area contributed by atoms with E-state index in [1.54, 1.807) is 45.0 Å². The Kier molecular flexibility index (Phi) is 10.8. The van der Waals surface area contributed by atoms with Gasteiger partial charge < -0.3 is 19.3 Å². The maximum absolute atomic E-state index is 13.6. The van der Waals surface area contributed by atoms with E-state index in [-0.39, 0.29) is 62.3 Å². The number of nitrogens with zero attached hydrogens (tertiary/aromatic N) is 2. The number of ether oxygens (including phenoxy) is 2. The van der Waals surface area contributed by atoms with E-state index in [2.05, 4.69) is 15.9 Å². The van der Waals surface area contributed by atoms with Gasteiger partial charge in [0.1, 0.15) is 11.6 Å². The largest absolute Gasteiger partial charge is 0.469 e. The summed E-state index contributed by atoms with van der Waals surface area (Å²) in [5, 5.41) is 0. The lowest BCUT2D eigenvalue weighted by molar-refractivity contribution is -0.152. The Hall–Kier alpha value is -2.75. The molecule has 1 saturated heterocycles. The Balaban J connectivity index is 2.24. The minimum atomic E-state index is -0.953. The minimum Gasteiger partial charge on any atom is -0.469 e. The molecule has 0 saturated carbocycles. The van der Waals surface area contributed by atoms with Gasteiger partial charge in [0.2, 0.25) is 5.91 Å². The van der Waals surface area contributed by atoms with E-state index in [0.717, 1.165) is 4.47 Å². The highest BCUT2D eigenvalue weighted by atomic mass is 79.9. The molecule has 2 rings (SSSR count). The number of methoxy groups -OCH3 is 1. The first-order valence-corrected chi connectivity index (χ1v) is 13.2. The summed E-state index contributed by atoms with van der Waals surface area (Å²) < 4.78 is 11.1. The maximum Gasteiger partial charge on any atom is 0.410 e. The normalized spacial score (nSPS) is 16.8. The number of hydrogen-bond acceptors (Lipinski definition) is 7. The van der Waals surface area contributed by atoms with Gasteiger partial charge in [-0.05, 0) is 38.8 Å². The van der Waals surface area contributed by atoms with Crippen molar-refractivity contribution in [1.82, 2.24) is 9.80 Å². The summed E-state index contributed by atoms with van der Waals surface area (Å²) in [7, 11) is 1.26. The zero-order valence-electron chi connectivity index (χ0n) is 22.4.